The van der Waals surface area contributed by atoms with E-state index in [2.05, 4.69) is 24.5 Å². The topological polar surface area (TPSA) is 39.1 Å². The Balaban J connectivity index is 1.90. The zero-order valence-corrected chi connectivity index (χ0v) is 12.8. The van der Waals surface area contributed by atoms with Crippen molar-refractivity contribution >= 4 is 0 Å². The summed E-state index contributed by atoms with van der Waals surface area (Å²) in [5.74, 6) is 0.805. The van der Waals surface area contributed by atoms with Crippen LogP contribution >= 0.6 is 0 Å². The third kappa shape index (κ3) is 2.89. The summed E-state index contributed by atoms with van der Waals surface area (Å²) in [6.07, 6.45) is 6.37. The molecule has 4 nitrogen and oxygen atoms in total. The van der Waals surface area contributed by atoms with Crippen LogP contribution in [0.15, 0.2) is 30.3 Å². The summed E-state index contributed by atoms with van der Waals surface area (Å²) in [6.45, 7) is 2.06. The molecule has 0 aliphatic heterocycles. The highest BCUT2D eigenvalue weighted by molar-refractivity contribution is 5.65. The maximum absolute atomic E-state index is 5.56. The van der Waals surface area contributed by atoms with E-state index in [4.69, 9.17) is 9.84 Å². The van der Waals surface area contributed by atoms with Crippen LogP contribution in [0.4, 0.5) is 0 Å². The van der Waals surface area contributed by atoms with Gasteiger partial charge >= 0.3 is 0 Å². The molecule has 0 radical (unpaired) electrons. The molecule has 1 fully saturated rings. The molecule has 0 spiro atoms. The van der Waals surface area contributed by atoms with Crippen LogP contribution in [0.5, 0.6) is 5.88 Å². The van der Waals surface area contributed by atoms with Gasteiger partial charge in [0.05, 0.1) is 7.11 Å². The summed E-state index contributed by atoms with van der Waals surface area (Å²) in [4.78, 5) is 1.83. The van der Waals surface area contributed by atoms with E-state index >= 15 is 0 Å². The van der Waals surface area contributed by atoms with Crippen LogP contribution < -0.4 is 10.2 Å². The van der Waals surface area contributed by atoms with Crippen LogP contribution in [-0.4, -0.2) is 23.0 Å². The summed E-state index contributed by atoms with van der Waals surface area (Å²) in [7, 11) is 1.71. The summed E-state index contributed by atoms with van der Waals surface area (Å²) in [5.41, 5.74) is 6.69. The minimum atomic E-state index is 0.496. The molecule has 1 saturated carbocycles. The molecular formula is C17H23N3O. The Kier molecular flexibility index (Phi) is 4.13. The average Bonchev–Trinajstić information content (AvgIpc) is 2.85. The van der Waals surface area contributed by atoms with Crippen LogP contribution in [0.25, 0.3) is 11.3 Å². The zero-order chi connectivity index (χ0) is 14.7. The smallest absolute Gasteiger partial charge is 0.235 e. The van der Waals surface area contributed by atoms with Crippen molar-refractivity contribution in [3.05, 3.63) is 35.9 Å². The van der Waals surface area contributed by atoms with Gasteiger partial charge in [0, 0.05) is 17.2 Å². The molecule has 1 N–H and O–H groups in total. The number of nitrogens with one attached hydrogen (secondary N) is 1. The second kappa shape index (κ2) is 6.20. The van der Waals surface area contributed by atoms with Crippen molar-refractivity contribution in [2.75, 3.05) is 12.5 Å². The Bertz CT molecular complexity index is 586. The average molecular weight is 285 g/mol. The summed E-state index contributed by atoms with van der Waals surface area (Å²) < 4.78 is 5.56. The van der Waals surface area contributed by atoms with Gasteiger partial charge in [0.15, 0.2) is 0 Å². The molecule has 1 aromatic heterocycles. The number of rotatable bonds is 4. The molecule has 3 rings (SSSR count). The first-order valence-electron chi connectivity index (χ1n) is 7.75. The third-order valence-electron chi connectivity index (χ3n) is 4.22. The van der Waals surface area contributed by atoms with Crippen LogP contribution in [0.2, 0.25) is 0 Å². The largest absolute Gasteiger partial charge is 0.480 e. The number of hydrogen-bond acceptors (Lipinski definition) is 3. The Morgan fingerprint density at radius 3 is 2.52 bits per heavy atom. The molecule has 0 atom stereocenters. The maximum Gasteiger partial charge on any atom is 0.235 e. The summed E-state index contributed by atoms with van der Waals surface area (Å²) in [5, 5.41) is 4.73. The lowest BCUT2D eigenvalue weighted by molar-refractivity contribution is 0.355. The van der Waals surface area contributed by atoms with Crippen molar-refractivity contribution in [1.29, 1.82) is 0 Å². The van der Waals surface area contributed by atoms with Crippen molar-refractivity contribution in [3.8, 4) is 17.1 Å². The molecule has 1 aromatic carbocycles. The Labute approximate surface area is 126 Å². The quantitative estimate of drug-likeness (QED) is 0.930. The Hall–Kier alpha value is -1.97. The second-order valence-electron chi connectivity index (χ2n) is 5.72. The van der Waals surface area contributed by atoms with Crippen molar-refractivity contribution in [2.45, 2.75) is 45.1 Å². The highest BCUT2D eigenvalue weighted by Crippen LogP contribution is 2.29. The van der Waals surface area contributed by atoms with Crippen LogP contribution in [0, 0.1) is 6.92 Å². The van der Waals surface area contributed by atoms with Gasteiger partial charge in [-0.25, -0.2) is 0 Å². The van der Waals surface area contributed by atoms with Crippen LogP contribution in [0.3, 0.4) is 0 Å². The highest BCUT2D eigenvalue weighted by Gasteiger charge is 2.20. The predicted octanol–water partition coefficient (Wildman–Crippen LogP) is 3.74. The first-order chi connectivity index (χ1) is 10.3. The minimum absolute atomic E-state index is 0.496. The monoisotopic (exact) mass is 285 g/mol. The van der Waals surface area contributed by atoms with E-state index in [0.29, 0.717) is 6.04 Å². The number of nitrogens with zero attached hydrogens (tertiary/aromatic N) is 2. The third-order valence-corrected chi connectivity index (χ3v) is 4.22. The van der Waals surface area contributed by atoms with Gasteiger partial charge in [-0.3, -0.25) is 0 Å². The second-order valence-corrected chi connectivity index (χ2v) is 5.72. The molecule has 112 valence electrons. The van der Waals surface area contributed by atoms with Gasteiger partial charge in [0.2, 0.25) is 5.88 Å². The summed E-state index contributed by atoms with van der Waals surface area (Å²) in [6, 6.07) is 10.8. The van der Waals surface area contributed by atoms with Gasteiger partial charge in [-0.1, -0.05) is 49.6 Å². The fourth-order valence-corrected chi connectivity index (χ4v) is 3.08. The molecule has 1 aliphatic rings. The summed E-state index contributed by atoms with van der Waals surface area (Å²) >= 11 is 0. The number of methoxy groups -OCH3 is 1. The highest BCUT2D eigenvalue weighted by atomic mass is 16.5. The van der Waals surface area contributed by atoms with Crippen LogP contribution in [-0.2, 0) is 0 Å². The van der Waals surface area contributed by atoms with Crippen LogP contribution in [0.1, 0.15) is 37.7 Å². The molecule has 1 heterocycles. The van der Waals surface area contributed by atoms with E-state index in [1.807, 2.05) is 23.0 Å². The minimum Gasteiger partial charge on any atom is -0.480 e. The van der Waals surface area contributed by atoms with Crippen molar-refractivity contribution < 1.29 is 4.74 Å². The first kappa shape index (κ1) is 14.0. The molecule has 1 aliphatic carbocycles. The fraction of sp³-hybridized carbons (Fsp3) is 0.471. The predicted molar refractivity (Wildman–Crippen MR) is 85.2 cm³/mol. The lowest BCUT2D eigenvalue weighted by Crippen LogP contribution is -2.30. The molecular weight excluding hydrogens is 262 g/mol. The van der Waals surface area contributed by atoms with Gasteiger partial charge < -0.3 is 10.2 Å². The normalized spacial score (nSPS) is 15.9. The van der Waals surface area contributed by atoms with Gasteiger partial charge in [0.1, 0.15) is 5.69 Å². The van der Waals surface area contributed by atoms with E-state index in [-0.39, 0.29) is 0 Å². The van der Waals surface area contributed by atoms with Gasteiger partial charge in [-0.2, -0.15) is 0 Å². The number of benzene rings is 1. The molecule has 4 heteroatoms. The molecule has 0 amide bonds. The lowest BCUT2D eigenvalue weighted by Gasteiger charge is -2.24. The fourth-order valence-electron chi connectivity index (χ4n) is 3.08. The van der Waals surface area contributed by atoms with E-state index in [1.165, 1.54) is 32.1 Å². The van der Waals surface area contributed by atoms with E-state index < -0.39 is 0 Å². The standard InChI is InChI=1S/C17H23N3O/c1-13-16(14-9-5-3-6-10-14)19-20(17(13)21-2)18-15-11-7-4-8-12-15/h3,5-6,9-10,15,18H,4,7-8,11-12H2,1-2H3. The Morgan fingerprint density at radius 2 is 1.86 bits per heavy atom. The SMILES string of the molecule is COc1c(C)c(-c2ccccc2)nn1NC1CCCCC1. The lowest BCUT2D eigenvalue weighted by atomic mass is 9.96. The van der Waals surface area contributed by atoms with Crippen molar-refractivity contribution in [3.63, 3.8) is 0 Å². The number of ether oxygens (including phenoxy) is 1. The zero-order valence-electron chi connectivity index (χ0n) is 12.8. The van der Waals surface area contributed by atoms with Gasteiger partial charge in [0.25, 0.3) is 0 Å². The van der Waals surface area contributed by atoms with E-state index in [9.17, 15) is 0 Å². The van der Waals surface area contributed by atoms with Crippen molar-refractivity contribution in [1.82, 2.24) is 9.89 Å². The Morgan fingerprint density at radius 1 is 1.14 bits per heavy atom. The molecule has 0 unspecified atom stereocenters. The van der Waals surface area contributed by atoms with E-state index in [0.717, 1.165) is 22.7 Å². The van der Waals surface area contributed by atoms with Gasteiger partial charge in [-0.05, 0) is 19.8 Å². The molecule has 21 heavy (non-hydrogen) atoms. The maximum atomic E-state index is 5.56. The van der Waals surface area contributed by atoms with Crippen molar-refractivity contribution in [2.24, 2.45) is 0 Å². The molecule has 2 aromatic rings. The number of hydrogen-bond donors (Lipinski definition) is 1. The molecule has 0 bridgehead atoms. The van der Waals surface area contributed by atoms with Gasteiger partial charge in [-0.15, -0.1) is 9.89 Å². The first-order valence-corrected chi connectivity index (χ1v) is 7.75. The van der Waals surface area contributed by atoms with E-state index in [1.54, 1.807) is 7.11 Å². The molecule has 0 saturated heterocycles. The number of aromatic nitrogens is 2.